The quantitative estimate of drug-likeness (QED) is 0.773. The molecule has 0 amide bonds. The van der Waals surface area contributed by atoms with Crippen molar-refractivity contribution in [2.75, 3.05) is 14.2 Å². The van der Waals surface area contributed by atoms with Crippen LogP contribution in [0.4, 0.5) is 0 Å². The molecule has 1 aliphatic carbocycles. The smallest absolute Gasteiger partial charge is 0.386 e. The Morgan fingerprint density at radius 2 is 1.69 bits per heavy atom. The van der Waals surface area contributed by atoms with Crippen molar-refractivity contribution in [2.24, 2.45) is 5.92 Å². The second kappa shape index (κ2) is 5.17. The first-order valence-corrected chi connectivity index (χ1v) is 8.13. The Balaban J connectivity index is 2.86. The topological polar surface area (TPSA) is 30.5 Å². The molecular weight excluding hydrogens is 218 g/mol. The van der Waals surface area contributed by atoms with E-state index >= 15 is 0 Å². The van der Waals surface area contributed by atoms with E-state index in [9.17, 15) is 0 Å². The van der Waals surface area contributed by atoms with E-state index in [2.05, 4.69) is 32.7 Å². The van der Waals surface area contributed by atoms with Gasteiger partial charge >= 0.3 is 8.72 Å². The molecule has 0 aromatic carbocycles. The number of rotatable bonds is 4. The molecule has 0 aliphatic heterocycles. The maximum absolute atomic E-state index is 5.82. The van der Waals surface area contributed by atoms with E-state index in [-0.39, 0.29) is 5.54 Å². The van der Waals surface area contributed by atoms with Crippen LogP contribution in [-0.4, -0.2) is 28.5 Å². The average Bonchev–Trinajstić information content (AvgIpc) is 2.60. The number of hydrogen-bond acceptors (Lipinski definition) is 3. The van der Waals surface area contributed by atoms with Gasteiger partial charge in [0.25, 0.3) is 0 Å². The minimum atomic E-state index is -2.26. The van der Waals surface area contributed by atoms with Gasteiger partial charge in [-0.3, -0.25) is 4.98 Å². The van der Waals surface area contributed by atoms with Crippen LogP contribution in [0.1, 0.15) is 47.0 Å². The van der Waals surface area contributed by atoms with Crippen molar-refractivity contribution >= 4 is 8.72 Å². The molecule has 0 spiro atoms. The Hall–Kier alpha value is 0.0969. The van der Waals surface area contributed by atoms with Gasteiger partial charge in [0.2, 0.25) is 0 Å². The summed E-state index contributed by atoms with van der Waals surface area (Å²) >= 11 is 0. The van der Waals surface area contributed by atoms with Gasteiger partial charge in [-0.25, -0.2) is 0 Å². The van der Waals surface area contributed by atoms with Crippen LogP contribution < -0.4 is 4.98 Å². The summed E-state index contributed by atoms with van der Waals surface area (Å²) in [5.74, 6) is 0.710. The molecular formula is C12H27NO2Si. The highest BCUT2D eigenvalue weighted by atomic mass is 28.4. The highest BCUT2D eigenvalue weighted by Gasteiger charge is 2.51. The fourth-order valence-corrected chi connectivity index (χ4v) is 6.52. The first-order valence-electron chi connectivity index (χ1n) is 6.24. The van der Waals surface area contributed by atoms with Gasteiger partial charge in [0, 0.05) is 25.3 Å². The Labute approximate surface area is 101 Å². The molecule has 1 fully saturated rings. The second-order valence-corrected chi connectivity index (χ2v) is 9.11. The van der Waals surface area contributed by atoms with E-state index in [1.54, 1.807) is 14.2 Å². The molecule has 96 valence electrons. The Kier molecular flexibility index (Phi) is 4.57. The first-order chi connectivity index (χ1) is 7.34. The van der Waals surface area contributed by atoms with Crippen molar-refractivity contribution in [1.82, 2.24) is 4.98 Å². The first kappa shape index (κ1) is 14.2. The molecule has 2 unspecified atom stereocenters. The van der Waals surface area contributed by atoms with E-state index < -0.39 is 8.72 Å². The van der Waals surface area contributed by atoms with Gasteiger partial charge in [-0.2, -0.15) is 0 Å². The van der Waals surface area contributed by atoms with E-state index in [0.717, 1.165) is 0 Å². The van der Waals surface area contributed by atoms with E-state index in [0.29, 0.717) is 11.5 Å². The third-order valence-electron chi connectivity index (χ3n) is 3.51. The van der Waals surface area contributed by atoms with Crippen molar-refractivity contribution < 1.29 is 8.85 Å². The highest BCUT2D eigenvalue weighted by Crippen LogP contribution is 2.43. The van der Waals surface area contributed by atoms with Gasteiger partial charge in [-0.1, -0.05) is 19.8 Å². The van der Waals surface area contributed by atoms with E-state index in [1.807, 2.05) is 0 Å². The Bertz CT molecular complexity index is 224. The van der Waals surface area contributed by atoms with E-state index in [4.69, 9.17) is 8.85 Å². The zero-order valence-corrected chi connectivity index (χ0v) is 12.6. The molecule has 1 aliphatic rings. The van der Waals surface area contributed by atoms with Crippen molar-refractivity contribution in [2.45, 2.75) is 58.0 Å². The molecule has 1 saturated carbocycles. The van der Waals surface area contributed by atoms with Crippen molar-refractivity contribution in [3.63, 3.8) is 0 Å². The third kappa shape index (κ3) is 3.06. The number of hydrogen-bond donors (Lipinski definition) is 1. The molecule has 0 saturated heterocycles. The van der Waals surface area contributed by atoms with Crippen LogP contribution in [0.5, 0.6) is 0 Å². The SMILES string of the molecule is CO[Si](NC(C)(C)C)(OC)C1CCCC1C. The molecule has 1 rings (SSSR count). The van der Waals surface area contributed by atoms with Gasteiger partial charge in [0.05, 0.1) is 0 Å². The monoisotopic (exact) mass is 245 g/mol. The lowest BCUT2D eigenvalue weighted by atomic mass is 10.1. The largest absolute Gasteiger partial charge is 0.428 e. The van der Waals surface area contributed by atoms with Gasteiger partial charge in [-0.15, -0.1) is 0 Å². The van der Waals surface area contributed by atoms with Crippen molar-refractivity contribution in [3.05, 3.63) is 0 Å². The predicted molar refractivity (Wildman–Crippen MR) is 69.4 cm³/mol. The van der Waals surface area contributed by atoms with Gasteiger partial charge < -0.3 is 8.85 Å². The van der Waals surface area contributed by atoms with Crippen LogP contribution in [0.3, 0.4) is 0 Å². The van der Waals surface area contributed by atoms with Crippen LogP contribution in [0.15, 0.2) is 0 Å². The summed E-state index contributed by atoms with van der Waals surface area (Å²) in [6, 6.07) is 0. The molecule has 0 aromatic rings. The summed E-state index contributed by atoms with van der Waals surface area (Å²) in [5, 5.41) is 0. The maximum atomic E-state index is 5.82. The zero-order valence-electron chi connectivity index (χ0n) is 11.6. The predicted octanol–water partition coefficient (Wildman–Crippen LogP) is 2.80. The maximum Gasteiger partial charge on any atom is 0.428 e. The second-order valence-electron chi connectivity index (χ2n) is 5.97. The van der Waals surface area contributed by atoms with Gasteiger partial charge in [0.1, 0.15) is 0 Å². The van der Waals surface area contributed by atoms with E-state index in [1.165, 1.54) is 19.3 Å². The summed E-state index contributed by atoms with van der Waals surface area (Å²) in [4.78, 5) is 3.64. The fraction of sp³-hybridized carbons (Fsp3) is 1.00. The Morgan fingerprint density at radius 1 is 1.12 bits per heavy atom. The number of nitrogens with one attached hydrogen (secondary N) is 1. The third-order valence-corrected chi connectivity index (χ3v) is 7.65. The molecule has 2 atom stereocenters. The minimum absolute atomic E-state index is 0.0422. The van der Waals surface area contributed by atoms with Crippen LogP contribution in [-0.2, 0) is 8.85 Å². The standard InChI is InChI=1S/C12H27NO2Si/c1-10-8-7-9-11(10)16(14-5,15-6)13-12(2,3)4/h10-11,13H,7-9H2,1-6H3. The van der Waals surface area contributed by atoms with Gasteiger partial charge in [-0.05, 0) is 33.1 Å². The summed E-state index contributed by atoms with van der Waals surface area (Å²) in [7, 11) is 1.32. The lowest BCUT2D eigenvalue weighted by Gasteiger charge is -2.40. The lowest BCUT2D eigenvalue weighted by Crippen LogP contribution is -2.64. The molecule has 0 aromatic heterocycles. The fourth-order valence-electron chi connectivity index (χ4n) is 2.81. The summed E-state index contributed by atoms with van der Waals surface area (Å²) in [6.45, 7) is 8.84. The van der Waals surface area contributed by atoms with Crippen LogP contribution in [0.25, 0.3) is 0 Å². The highest BCUT2D eigenvalue weighted by molar-refractivity contribution is 6.66. The molecule has 3 nitrogen and oxygen atoms in total. The summed E-state index contributed by atoms with van der Waals surface area (Å²) in [5.41, 5.74) is 0.613. The van der Waals surface area contributed by atoms with Crippen LogP contribution in [0, 0.1) is 5.92 Å². The lowest BCUT2D eigenvalue weighted by molar-refractivity contribution is 0.192. The van der Waals surface area contributed by atoms with Crippen molar-refractivity contribution in [3.8, 4) is 0 Å². The molecule has 16 heavy (non-hydrogen) atoms. The average molecular weight is 245 g/mol. The molecule has 0 radical (unpaired) electrons. The van der Waals surface area contributed by atoms with Crippen LogP contribution in [0.2, 0.25) is 5.54 Å². The van der Waals surface area contributed by atoms with Gasteiger partial charge in [0.15, 0.2) is 0 Å². The minimum Gasteiger partial charge on any atom is -0.386 e. The molecule has 4 heteroatoms. The summed E-state index contributed by atoms with van der Waals surface area (Å²) < 4.78 is 11.6. The normalized spacial score (nSPS) is 27.4. The zero-order chi connectivity index (χ0) is 12.4. The molecule has 1 N–H and O–H groups in total. The Morgan fingerprint density at radius 3 is 2.00 bits per heavy atom. The molecule has 0 heterocycles. The molecule has 0 bridgehead atoms. The van der Waals surface area contributed by atoms with Crippen molar-refractivity contribution in [1.29, 1.82) is 0 Å². The summed E-state index contributed by atoms with van der Waals surface area (Å²) in [6.07, 6.45) is 3.84. The van der Waals surface area contributed by atoms with Crippen LogP contribution >= 0.6 is 0 Å².